The quantitative estimate of drug-likeness (QED) is 0.862. The molecule has 1 atom stereocenters. The fraction of sp³-hybridized carbons (Fsp3) is 0.400. The van der Waals surface area contributed by atoms with Gasteiger partial charge in [0, 0.05) is 11.6 Å². The molecule has 1 N–H and O–H groups in total. The molecule has 0 spiro atoms. The van der Waals surface area contributed by atoms with Crippen LogP contribution >= 0.6 is 23.2 Å². The highest BCUT2D eigenvalue weighted by Crippen LogP contribution is 2.53. The van der Waals surface area contributed by atoms with Crippen molar-refractivity contribution < 1.29 is 8.42 Å². The summed E-state index contributed by atoms with van der Waals surface area (Å²) in [4.78, 5) is 0. The normalized spacial score (nSPS) is 22.8. The van der Waals surface area contributed by atoms with Gasteiger partial charge in [0.15, 0.2) is 0 Å². The fourth-order valence-corrected chi connectivity index (χ4v) is 3.66. The molecule has 0 heterocycles. The van der Waals surface area contributed by atoms with E-state index < -0.39 is 14.4 Å². The van der Waals surface area contributed by atoms with Crippen LogP contribution in [-0.2, 0) is 10.0 Å². The minimum absolute atomic E-state index is 0.0328. The average Bonchev–Trinajstić information content (AvgIpc) is 2.72. The van der Waals surface area contributed by atoms with Crippen LogP contribution in [0.25, 0.3) is 0 Å². The van der Waals surface area contributed by atoms with Crippen LogP contribution in [-0.4, -0.2) is 18.5 Å². The zero-order valence-electron chi connectivity index (χ0n) is 8.36. The highest BCUT2D eigenvalue weighted by atomic mass is 35.5. The second-order valence-corrected chi connectivity index (χ2v) is 7.22. The lowest BCUT2D eigenvalue weighted by molar-refractivity contribution is 0.597. The van der Waals surface area contributed by atoms with Crippen LogP contribution in [0.2, 0.25) is 0 Å². The van der Waals surface area contributed by atoms with E-state index in [1.165, 1.54) is 0 Å². The van der Waals surface area contributed by atoms with Crippen LogP contribution < -0.4 is 4.72 Å². The van der Waals surface area contributed by atoms with Crippen molar-refractivity contribution in [3.63, 3.8) is 0 Å². The Morgan fingerprint density at radius 1 is 1.31 bits per heavy atom. The molecule has 0 unspecified atom stereocenters. The molecule has 1 aromatic rings. The molecule has 0 aliphatic heterocycles. The number of sulfonamides is 1. The summed E-state index contributed by atoms with van der Waals surface area (Å²) in [7, 11) is -3.36. The Labute approximate surface area is 105 Å². The van der Waals surface area contributed by atoms with Crippen LogP contribution in [0, 0.1) is 5.92 Å². The standard InChI is InChI=1S/C10H11Cl2NO2S/c11-10(12)6-8(10)7-16(14,15)13-9-4-2-1-3-5-9/h1-5,8,13H,6-7H2/t8-/m1/s1. The molecule has 1 aromatic carbocycles. The van der Waals surface area contributed by atoms with Gasteiger partial charge in [-0.15, -0.1) is 23.2 Å². The first-order valence-electron chi connectivity index (χ1n) is 4.82. The third-order valence-corrected chi connectivity index (χ3v) is 4.74. The zero-order valence-corrected chi connectivity index (χ0v) is 10.7. The summed E-state index contributed by atoms with van der Waals surface area (Å²) in [5.74, 6) is -0.202. The molecule has 1 aliphatic rings. The number of para-hydroxylation sites is 1. The fourth-order valence-electron chi connectivity index (χ4n) is 1.44. The Kier molecular flexibility index (Phi) is 3.07. The van der Waals surface area contributed by atoms with Crippen LogP contribution in [0.4, 0.5) is 5.69 Å². The van der Waals surface area contributed by atoms with Gasteiger partial charge in [-0.05, 0) is 18.6 Å². The maximum Gasteiger partial charge on any atom is 0.233 e. The molecule has 1 aliphatic carbocycles. The second-order valence-electron chi connectivity index (χ2n) is 3.91. The van der Waals surface area contributed by atoms with Crippen LogP contribution in [0.1, 0.15) is 6.42 Å². The Bertz CT molecular complexity index is 473. The molecule has 3 nitrogen and oxygen atoms in total. The predicted octanol–water partition coefficient (Wildman–Crippen LogP) is 2.62. The molecular formula is C10H11Cl2NO2S. The first kappa shape index (κ1) is 12.0. The molecule has 0 bridgehead atoms. The van der Waals surface area contributed by atoms with E-state index in [1.54, 1.807) is 24.3 Å². The van der Waals surface area contributed by atoms with Gasteiger partial charge in [-0.2, -0.15) is 0 Å². The van der Waals surface area contributed by atoms with Crippen molar-refractivity contribution in [3.8, 4) is 0 Å². The zero-order chi connectivity index (χ0) is 11.8. The van der Waals surface area contributed by atoms with Crippen LogP contribution in [0.3, 0.4) is 0 Å². The average molecular weight is 280 g/mol. The van der Waals surface area contributed by atoms with E-state index >= 15 is 0 Å². The summed E-state index contributed by atoms with van der Waals surface area (Å²) < 4.78 is 25.0. The van der Waals surface area contributed by atoms with E-state index in [0.29, 0.717) is 12.1 Å². The van der Waals surface area contributed by atoms with Gasteiger partial charge in [-0.25, -0.2) is 8.42 Å². The lowest BCUT2D eigenvalue weighted by atomic mass is 10.3. The van der Waals surface area contributed by atoms with Gasteiger partial charge in [-0.1, -0.05) is 18.2 Å². The number of anilines is 1. The third-order valence-electron chi connectivity index (χ3n) is 2.42. The Hall–Kier alpha value is -0.450. The molecule has 1 saturated carbocycles. The van der Waals surface area contributed by atoms with Crippen molar-refractivity contribution in [1.82, 2.24) is 0 Å². The summed E-state index contributed by atoms with van der Waals surface area (Å²) in [5, 5.41) is 0. The van der Waals surface area contributed by atoms with Gasteiger partial charge >= 0.3 is 0 Å². The first-order valence-corrected chi connectivity index (χ1v) is 7.23. The van der Waals surface area contributed by atoms with Gasteiger partial charge < -0.3 is 0 Å². The lowest BCUT2D eigenvalue weighted by Gasteiger charge is -2.07. The number of alkyl halides is 2. The van der Waals surface area contributed by atoms with Gasteiger partial charge in [-0.3, -0.25) is 4.72 Å². The molecule has 16 heavy (non-hydrogen) atoms. The Morgan fingerprint density at radius 3 is 2.38 bits per heavy atom. The molecular weight excluding hydrogens is 269 g/mol. The molecule has 2 rings (SSSR count). The number of rotatable bonds is 4. The van der Waals surface area contributed by atoms with Gasteiger partial charge in [0.05, 0.1) is 5.75 Å². The number of benzene rings is 1. The van der Waals surface area contributed by atoms with Crippen molar-refractivity contribution in [1.29, 1.82) is 0 Å². The number of halogens is 2. The summed E-state index contributed by atoms with van der Waals surface area (Å²) in [6.07, 6.45) is 0.534. The third kappa shape index (κ3) is 3.03. The number of hydrogen-bond acceptors (Lipinski definition) is 2. The first-order chi connectivity index (χ1) is 7.39. The largest absolute Gasteiger partial charge is 0.284 e. The van der Waals surface area contributed by atoms with Gasteiger partial charge in [0.1, 0.15) is 4.33 Å². The van der Waals surface area contributed by atoms with Crippen molar-refractivity contribution in [3.05, 3.63) is 30.3 Å². The maximum atomic E-state index is 11.7. The van der Waals surface area contributed by atoms with E-state index in [9.17, 15) is 8.42 Å². The molecule has 0 radical (unpaired) electrons. The lowest BCUT2D eigenvalue weighted by Crippen LogP contribution is -2.19. The maximum absolute atomic E-state index is 11.7. The SMILES string of the molecule is O=S(=O)(C[C@H]1CC1(Cl)Cl)Nc1ccccc1. The van der Waals surface area contributed by atoms with Crippen LogP contribution in [0.5, 0.6) is 0 Å². The van der Waals surface area contributed by atoms with Crippen molar-refractivity contribution in [2.45, 2.75) is 10.8 Å². The highest BCUT2D eigenvalue weighted by Gasteiger charge is 2.53. The molecule has 0 amide bonds. The Morgan fingerprint density at radius 2 is 1.88 bits per heavy atom. The van der Waals surface area contributed by atoms with E-state index in [4.69, 9.17) is 23.2 Å². The topological polar surface area (TPSA) is 46.2 Å². The summed E-state index contributed by atoms with van der Waals surface area (Å²) in [6.45, 7) is 0. The van der Waals surface area contributed by atoms with E-state index in [2.05, 4.69) is 4.72 Å². The smallest absolute Gasteiger partial charge is 0.233 e. The minimum atomic E-state index is -3.36. The molecule has 0 saturated heterocycles. The van der Waals surface area contributed by atoms with Gasteiger partial charge in [0.25, 0.3) is 0 Å². The molecule has 0 aromatic heterocycles. The summed E-state index contributed by atoms with van der Waals surface area (Å²) >= 11 is 11.6. The Balaban J connectivity index is 1.99. The number of nitrogens with one attached hydrogen (secondary N) is 1. The molecule has 6 heteroatoms. The summed E-state index contributed by atoms with van der Waals surface area (Å²) in [6, 6.07) is 8.74. The van der Waals surface area contributed by atoms with Crippen molar-refractivity contribution in [2.75, 3.05) is 10.5 Å². The van der Waals surface area contributed by atoms with Crippen molar-refractivity contribution in [2.24, 2.45) is 5.92 Å². The minimum Gasteiger partial charge on any atom is -0.284 e. The van der Waals surface area contributed by atoms with E-state index in [1.807, 2.05) is 6.07 Å². The number of hydrogen-bond donors (Lipinski definition) is 1. The highest BCUT2D eigenvalue weighted by molar-refractivity contribution is 7.92. The van der Waals surface area contributed by atoms with E-state index in [0.717, 1.165) is 0 Å². The second kappa shape index (κ2) is 4.09. The van der Waals surface area contributed by atoms with Gasteiger partial charge in [0.2, 0.25) is 10.0 Å². The summed E-state index contributed by atoms with van der Waals surface area (Å²) in [5.41, 5.74) is 0.554. The van der Waals surface area contributed by atoms with E-state index in [-0.39, 0.29) is 11.7 Å². The molecule has 88 valence electrons. The van der Waals surface area contributed by atoms with Crippen LogP contribution in [0.15, 0.2) is 30.3 Å². The van der Waals surface area contributed by atoms with Crippen molar-refractivity contribution >= 4 is 38.9 Å². The monoisotopic (exact) mass is 279 g/mol. The predicted molar refractivity (Wildman–Crippen MR) is 66.4 cm³/mol. The molecule has 1 fully saturated rings.